The minimum Gasteiger partial charge on any atom is -0.379 e. The van der Waals surface area contributed by atoms with Crippen molar-refractivity contribution in [1.29, 1.82) is 0 Å². The molecule has 3 rings (SSSR count). The van der Waals surface area contributed by atoms with Gasteiger partial charge in [-0.25, -0.2) is 8.42 Å². The molecular weight excluding hydrogens is 366 g/mol. The Balaban J connectivity index is 1.55. The number of carbonyl (C=O) groups excluding carboxylic acids is 1. The molecule has 1 aromatic carbocycles. The first-order chi connectivity index (χ1) is 13.0. The van der Waals surface area contributed by atoms with Gasteiger partial charge in [-0.3, -0.25) is 4.79 Å². The zero-order valence-corrected chi connectivity index (χ0v) is 16.7. The van der Waals surface area contributed by atoms with Gasteiger partial charge in [-0.1, -0.05) is 12.1 Å². The second kappa shape index (κ2) is 9.14. The number of amides is 1. The number of hydrogen-bond donors (Lipinski definition) is 1. The highest BCUT2D eigenvalue weighted by Gasteiger charge is 2.26. The topological polar surface area (TPSA) is 79.0 Å². The van der Waals surface area contributed by atoms with E-state index in [2.05, 4.69) is 5.32 Å². The van der Waals surface area contributed by atoms with Gasteiger partial charge in [0.2, 0.25) is 15.9 Å². The lowest BCUT2D eigenvalue weighted by Gasteiger charge is -2.31. The molecule has 1 N–H and O–H groups in total. The van der Waals surface area contributed by atoms with Gasteiger partial charge in [0, 0.05) is 32.6 Å². The molecule has 150 valence electrons. The lowest BCUT2D eigenvalue weighted by Crippen LogP contribution is -2.44. The van der Waals surface area contributed by atoms with Crippen molar-refractivity contribution in [2.24, 2.45) is 0 Å². The predicted octanol–water partition coefficient (Wildman–Crippen LogP) is 0.851. The third kappa shape index (κ3) is 5.07. The molecule has 0 aromatic heterocycles. The monoisotopic (exact) mass is 395 g/mol. The van der Waals surface area contributed by atoms with Crippen LogP contribution >= 0.6 is 0 Å². The molecule has 0 bridgehead atoms. The van der Waals surface area contributed by atoms with Gasteiger partial charge in [-0.2, -0.15) is 4.31 Å². The second-order valence-electron chi connectivity index (χ2n) is 7.15. The summed E-state index contributed by atoms with van der Waals surface area (Å²) in [4.78, 5) is 14.6. The van der Waals surface area contributed by atoms with Gasteiger partial charge in [0.15, 0.2) is 0 Å². The molecule has 0 unspecified atom stereocenters. The van der Waals surface area contributed by atoms with E-state index in [1.165, 1.54) is 4.31 Å². The molecule has 2 aliphatic heterocycles. The van der Waals surface area contributed by atoms with Gasteiger partial charge >= 0.3 is 0 Å². The van der Waals surface area contributed by atoms with Crippen molar-refractivity contribution in [3.8, 4) is 0 Å². The van der Waals surface area contributed by atoms with Crippen LogP contribution in [-0.4, -0.2) is 76.0 Å². The van der Waals surface area contributed by atoms with Crippen LogP contribution in [0.2, 0.25) is 0 Å². The van der Waals surface area contributed by atoms with Crippen molar-refractivity contribution in [2.75, 3.05) is 46.4 Å². The van der Waals surface area contributed by atoms with Crippen LogP contribution in [-0.2, 0) is 26.0 Å². The smallest absolute Gasteiger partial charge is 0.243 e. The van der Waals surface area contributed by atoms with E-state index in [1.54, 1.807) is 12.1 Å². The molecule has 0 aliphatic carbocycles. The highest BCUT2D eigenvalue weighted by molar-refractivity contribution is 7.89. The number of sulfonamides is 1. The highest BCUT2D eigenvalue weighted by atomic mass is 32.2. The van der Waals surface area contributed by atoms with Crippen molar-refractivity contribution in [3.05, 3.63) is 29.8 Å². The molecule has 0 spiro atoms. The van der Waals surface area contributed by atoms with Crippen molar-refractivity contribution in [2.45, 2.75) is 36.6 Å². The molecule has 0 radical (unpaired) electrons. The number of piperidine rings is 1. The van der Waals surface area contributed by atoms with Crippen LogP contribution in [0.1, 0.15) is 24.8 Å². The van der Waals surface area contributed by atoms with E-state index in [0.717, 1.165) is 31.5 Å². The van der Waals surface area contributed by atoms with E-state index in [-0.39, 0.29) is 5.91 Å². The summed E-state index contributed by atoms with van der Waals surface area (Å²) in [7, 11) is -1.58. The Hall–Kier alpha value is -1.48. The van der Waals surface area contributed by atoms with Crippen LogP contribution in [0.5, 0.6) is 0 Å². The summed E-state index contributed by atoms with van der Waals surface area (Å²) in [5.74, 6) is 0.145. The van der Waals surface area contributed by atoms with Crippen molar-refractivity contribution in [1.82, 2.24) is 14.5 Å². The van der Waals surface area contributed by atoms with Gasteiger partial charge in [-0.15, -0.1) is 0 Å². The van der Waals surface area contributed by atoms with Crippen molar-refractivity contribution in [3.63, 3.8) is 0 Å². The minimum absolute atomic E-state index is 0.145. The molecule has 2 fully saturated rings. The Bertz CT molecular complexity index is 724. The number of ether oxygens (including phenoxy) is 1. The molecule has 27 heavy (non-hydrogen) atoms. The third-order valence-electron chi connectivity index (χ3n) is 5.41. The van der Waals surface area contributed by atoms with E-state index in [9.17, 15) is 13.2 Å². The third-order valence-corrected chi connectivity index (χ3v) is 7.32. The van der Waals surface area contributed by atoms with Crippen LogP contribution < -0.4 is 5.32 Å². The predicted molar refractivity (Wildman–Crippen MR) is 103 cm³/mol. The lowest BCUT2D eigenvalue weighted by atomic mass is 10.0. The Labute approximate surface area is 161 Å². The van der Waals surface area contributed by atoms with E-state index < -0.39 is 10.0 Å². The lowest BCUT2D eigenvalue weighted by molar-refractivity contribution is -0.132. The zero-order chi connectivity index (χ0) is 19.3. The standard InChI is InChI=1S/C19H29N3O4S/c1-21(17-8-10-20-11-9-17)19(23)7-4-16-2-5-18(6-3-16)27(24,25)22-12-14-26-15-13-22/h2-3,5-6,17,20H,4,7-15H2,1H3. The van der Waals surface area contributed by atoms with Crippen LogP contribution in [0.4, 0.5) is 0 Å². The van der Waals surface area contributed by atoms with E-state index in [1.807, 2.05) is 24.1 Å². The molecule has 1 amide bonds. The minimum atomic E-state index is -3.47. The first kappa shape index (κ1) is 20.3. The first-order valence-corrected chi connectivity index (χ1v) is 11.1. The van der Waals surface area contributed by atoms with Crippen molar-refractivity contribution < 1.29 is 17.9 Å². The number of carbonyl (C=O) groups is 1. The van der Waals surface area contributed by atoms with Crippen LogP contribution in [0.3, 0.4) is 0 Å². The molecule has 0 atom stereocenters. The quantitative estimate of drug-likeness (QED) is 0.773. The average Bonchev–Trinajstić information content (AvgIpc) is 2.73. The van der Waals surface area contributed by atoms with Gasteiger partial charge in [-0.05, 0) is 50.0 Å². The Morgan fingerprint density at radius 1 is 1.19 bits per heavy atom. The molecule has 0 saturated carbocycles. The van der Waals surface area contributed by atoms with Gasteiger partial charge in [0.05, 0.1) is 18.1 Å². The number of benzene rings is 1. The first-order valence-electron chi connectivity index (χ1n) is 9.62. The SMILES string of the molecule is CN(C(=O)CCc1ccc(S(=O)(=O)N2CCOCC2)cc1)C1CCNCC1. The van der Waals surface area contributed by atoms with Gasteiger partial charge in [0.25, 0.3) is 0 Å². The molecular formula is C19H29N3O4S. The maximum absolute atomic E-state index is 12.6. The summed E-state index contributed by atoms with van der Waals surface area (Å²) in [6, 6.07) is 7.22. The fraction of sp³-hybridized carbons (Fsp3) is 0.632. The van der Waals surface area contributed by atoms with Gasteiger partial charge < -0.3 is 15.0 Å². The zero-order valence-electron chi connectivity index (χ0n) is 15.9. The number of nitrogens with one attached hydrogen (secondary N) is 1. The number of nitrogens with zero attached hydrogens (tertiary/aromatic N) is 2. The molecule has 2 saturated heterocycles. The summed E-state index contributed by atoms with van der Waals surface area (Å²) in [5.41, 5.74) is 0.975. The molecule has 8 heteroatoms. The fourth-order valence-electron chi connectivity index (χ4n) is 3.59. The molecule has 2 aliphatic rings. The number of hydrogen-bond acceptors (Lipinski definition) is 5. The number of morpholine rings is 1. The number of aryl methyl sites for hydroxylation is 1. The maximum atomic E-state index is 12.6. The van der Waals surface area contributed by atoms with Gasteiger partial charge in [0.1, 0.15) is 0 Å². The maximum Gasteiger partial charge on any atom is 0.243 e. The van der Waals surface area contributed by atoms with Crippen molar-refractivity contribution >= 4 is 15.9 Å². The summed E-state index contributed by atoms with van der Waals surface area (Å²) in [5, 5.41) is 3.31. The normalized spacial score (nSPS) is 19.7. The number of rotatable bonds is 6. The van der Waals surface area contributed by atoms with E-state index >= 15 is 0 Å². The molecule has 1 aromatic rings. The highest BCUT2D eigenvalue weighted by Crippen LogP contribution is 2.19. The van der Waals surface area contributed by atoms with Crippen LogP contribution in [0, 0.1) is 0 Å². The Kier molecular flexibility index (Phi) is 6.86. The average molecular weight is 396 g/mol. The fourth-order valence-corrected chi connectivity index (χ4v) is 5.00. The van der Waals surface area contributed by atoms with E-state index in [0.29, 0.717) is 50.1 Å². The second-order valence-corrected chi connectivity index (χ2v) is 9.08. The summed E-state index contributed by atoms with van der Waals surface area (Å²) < 4.78 is 32.0. The molecule has 2 heterocycles. The molecule has 7 nitrogen and oxygen atoms in total. The largest absolute Gasteiger partial charge is 0.379 e. The van der Waals surface area contributed by atoms with Crippen LogP contribution in [0.15, 0.2) is 29.2 Å². The Morgan fingerprint density at radius 2 is 1.81 bits per heavy atom. The summed E-state index contributed by atoms with van der Waals surface area (Å²) >= 11 is 0. The van der Waals surface area contributed by atoms with E-state index in [4.69, 9.17) is 4.74 Å². The summed E-state index contributed by atoms with van der Waals surface area (Å²) in [6.07, 6.45) is 3.05. The van der Waals surface area contributed by atoms with Crippen LogP contribution in [0.25, 0.3) is 0 Å². The summed E-state index contributed by atoms with van der Waals surface area (Å²) in [6.45, 7) is 3.57. The Morgan fingerprint density at radius 3 is 2.44 bits per heavy atom.